The highest BCUT2D eigenvalue weighted by atomic mass is 16.5. The van der Waals surface area contributed by atoms with Gasteiger partial charge in [-0.1, -0.05) is 0 Å². The van der Waals surface area contributed by atoms with E-state index in [0.717, 1.165) is 5.75 Å². The molecule has 1 aromatic carbocycles. The van der Waals surface area contributed by atoms with Gasteiger partial charge in [0.1, 0.15) is 29.7 Å². The zero-order chi connectivity index (χ0) is 16.8. The monoisotopic (exact) mass is 313 g/mol. The van der Waals surface area contributed by atoms with Crippen molar-refractivity contribution in [2.45, 2.75) is 27.3 Å². The molecule has 1 heterocycles. The predicted octanol–water partition coefficient (Wildman–Crippen LogP) is 2.21. The summed E-state index contributed by atoms with van der Waals surface area (Å²) in [7, 11) is 0. The molecule has 6 heteroatoms. The normalized spacial score (nSPS) is 10.2. The third-order valence-corrected chi connectivity index (χ3v) is 3.46. The van der Waals surface area contributed by atoms with Crippen LogP contribution < -0.4 is 15.0 Å². The highest BCUT2D eigenvalue weighted by molar-refractivity contribution is 5.36. The Labute approximate surface area is 134 Å². The molecule has 0 aliphatic carbocycles. The second-order valence-electron chi connectivity index (χ2n) is 4.98. The van der Waals surface area contributed by atoms with E-state index < -0.39 is 0 Å². The number of rotatable bonds is 6. The average molecular weight is 313 g/mol. The van der Waals surface area contributed by atoms with Gasteiger partial charge < -0.3 is 9.47 Å². The molecule has 0 amide bonds. The predicted molar refractivity (Wildman–Crippen MR) is 85.8 cm³/mol. The standard InChI is InChI=1S/C17H19N3O3/c1-4-22-14-5-7-15(8-6-14)23-10-9-20-17(21)16(11-18)12(2)13(3)19-20/h5-8H,4,9-10H2,1-3H3. The first-order chi connectivity index (χ1) is 11.1. The van der Waals surface area contributed by atoms with E-state index in [1.54, 1.807) is 13.8 Å². The number of hydrogen-bond donors (Lipinski definition) is 0. The van der Waals surface area contributed by atoms with Gasteiger partial charge in [-0.25, -0.2) is 4.68 Å². The van der Waals surface area contributed by atoms with Crippen molar-refractivity contribution in [1.82, 2.24) is 9.78 Å². The lowest BCUT2D eigenvalue weighted by molar-refractivity contribution is 0.286. The lowest BCUT2D eigenvalue weighted by atomic mass is 10.1. The van der Waals surface area contributed by atoms with Crippen molar-refractivity contribution in [2.24, 2.45) is 0 Å². The van der Waals surface area contributed by atoms with E-state index in [2.05, 4.69) is 5.10 Å². The summed E-state index contributed by atoms with van der Waals surface area (Å²) in [5.74, 6) is 1.47. The molecule has 0 fully saturated rings. The molecule has 0 radical (unpaired) electrons. The molecule has 0 atom stereocenters. The fraction of sp³-hybridized carbons (Fsp3) is 0.353. The van der Waals surface area contributed by atoms with Crippen LogP contribution in [0.1, 0.15) is 23.7 Å². The minimum atomic E-state index is -0.383. The van der Waals surface area contributed by atoms with Crippen LogP contribution in [0, 0.1) is 25.2 Å². The van der Waals surface area contributed by atoms with Crippen LogP contribution >= 0.6 is 0 Å². The van der Waals surface area contributed by atoms with E-state index in [0.29, 0.717) is 23.6 Å². The average Bonchev–Trinajstić information content (AvgIpc) is 2.55. The quantitative estimate of drug-likeness (QED) is 0.817. The summed E-state index contributed by atoms with van der Waals surface area (Å²) in [6.07, 6.45) is 0. The van der Waals surface area contributed by atoms with Crippen molar-refractivity contribution in [3.05, 3.63) is 51.4 Å². The summed E-state index contributed by atoms with van der Waals surface area (Å²) >= 11 is 0. The van der Waals surface area contributed by atoms with E-state index >= 15 is 0 Å². The van der Waals surface area contributed by atoms with Gasteiger partial charge >= 0.3 is 0 Å². The molecule has 0 aliphatic heterocycles. The van der Waals surface area contributed by atoms with Gasteiger partial charge in [-0.3, -0.25) is 4.79 Å². The highest BCUT2D eigenvalue weighted by Crippen LogP contribution is 2.17. The Balaban J connectivity index is 2.03. The summed E-state index contributed by atoms with van der Waals surface area (Å²) in [6, 6.07) is 9.21. The molecule has 2 aromatic rings. The van der Waals surface area contributed by atoms with Crippen molar-refractivity contribution in [2.75, 3.05) is 13.2 Å². The van der Waals surface area contributed by atoms with E-state index in [1.165, 1.54) is 4.68 Å². The Hall–Kier alpha value is -2.81. The molecule has 23 heavy (non-hydrogen) atoms. The van der Waals surface area contributed by atoms with Gasteiger partial charge in [0.25, 0.3) is 5.56 Å². The molecule has 0 bridgehead atoms. The number of benzene rings is 1. The van der Waals surface area contributed by atoms with E-state index in [4.69, 9.17) is 14.7 Å². The Morgan fingerprint density at radius 2 is 1.78 bits per heavy atom. The van der Waals surface area contributed by atoms with Crippen LogP contribution in [0.15, 0.2) is 29.1 Å². The van der Waals surface area contributed by atoms with Crippen LogP contribution in [-0.4, -0.2) is 23.0 Å². The van der Waals surface area contributed by atoms with E-state index in [1.807, 2.05) is 37.3 Å². The minimum Gasteiger partial charge on any atom is -0.494 e. The van der Waals surface area contributed by atoms with Gasteiger partial charge in [0.2, 0.25) is 0 Å². The largest absolute Gasteiger partial charge is 0.494 e. The first kappa shape index (κ1) is 16.6. The van der Waals surface area contributed by atoms with Crippen molar-refractivity contribution < 1.29 is 9.47 Å². The number of nitrogens with zero attached hydrogens (tertiary/aromatic N) is 3. The first-order valence-electron chi connectivity index (χ1n) is 7.41. The zero-order valence-electron chi connectivity index (χ0n) is 13.5. The van der Waals surface area contributed by atoms with Crippen molar-refractivity contribution in [3.8, 4) is 17.6 Å². The topological polar surface area (TPSA) is 77.1 Å². The Kier molecular flexibility index (Phi) is 5.36. The molecule has 0 aliphatic rings. The maximum absolute atomic E-state index is 12.1. The van der Waals surface area contributed by atoms with Crippen molar-refractivity contribution >= 4 is 0 Å². The summed E-state index contributed by atoms with van der Waals surface area (Å²) < 4.78 is 12.2. The third kappa shape index (κ3) is 3.89. The Morgan fingerprint density at radius 1 is 1.17 bits per heavy atom. The number of nitriles is 1. The highest BCUT2D eigenvalue weighted by Gasteiger charge is 2.11. The number of aromatic nitrogens is 2. The van der Waals surface area contributed by atoms with Gasteiger partial charge in [-0.05, 0) is 50.6 Å². The number of ether oxygens (including phenoxy) is 2. The van der Waals surface area contributed by atoms with Crippen molar-refractivity contribution in [1.29, 1.82) is 5.26 Å². The van der Waals surface area contributed by atoms with Gasteiger partial charge in [0, 0.05) is 0 Å². The van der Waals surface area contributed by atoms with Crippen LogP contribution in [0.25, 0.3) is 0 Å². The molecule has 1 aromatic heterocycles. The summed E-state index contributed by atoms with van der Waals surface area (Å²) in [5.41, 5.74) is 1.05. The van der Waals surface area contributed by atoms with Gasteiger partial charge in [0.15, 0.2) is 0 Å². The maximum Gasteiger partial charge on any atom is 0.285 e. The lowest BCUT2D eigenvalue weighted by Gasteiger charge is -2.10. The van der Waals surface area contributed by atoms with E-state index in [9.17, 15) is 4.79 Å². The fourth-order valence-corrected chi connectivity index (χ4v) is 2.10. The van der Waals surface area contributed by atoms with Crippen LogP contribution in [0.4, 0.5) is 0 Å². The molecule has 0 saturated heterocycles. The van der Waals surface area contributed by atoms with Gasteiger partial charge in [-0.15, -0.1) is 0 Å². The Bertz CT molecular complexity index is 773. The van der Waals surface area contributed by atoms with Crippen LogP contribution in [-0.2, 0) is 6.54 Å². The second kappa shape index (κ2) is 7.45. The van der Waals surface area contributed by atoms with Crippen molar-refractivity contribution in [3.63, 3.8) is 0 Å². The Morgan fingerprint density at radius 3 is 2.35 bits per heavy atom. The molecule has 0 saturated carbocycles. The summed E-state index contributed by atoms with van der Waals surface area (Å²) in [5, 5.41) is 13.3. The van der Waals surface area contributed by atoms with Crippen LogP contribution in [0.2, 0.25) is 0 Å². The van der Waals surface area contributed by atoms with Crippen LogP contribution in [0.3, 0.4) is 0 Å². The molecule has 2 rings (SSSR count). The molecular weight excluding hydrogens is 294 g/mol. The summed E-state index contributed by atoms with van der Waals surface area (Å²) in [6.45, 7) is 6.61. The molecule has 0 spiro atoms. The second-order valence-corrected chi connectivity index (χ2v) is 4.98. The van der Waals surface area contributed by atoms with Gasteiger partial charge in [-0.2, -0.15) is 10.4 Å². The smallest absolute Gasteiger partial charge is 0.285 e. The first-order valence-corrected chi connectivity index (χ1v) is 7.41. The van der Waals surface area contributed by atoms with Gasteiger partial charge in [0.05, 0.1) is 18.8 Å². The zero-order valence-corrected chi connectivity index (χ0v) is 13.5. The minimum absolute atomic E-state index is 0.138. The molecule has 6 nitrogen and oxygen atoms in total. The molecule has 120 valence electrons. The SMILES string of the molecule is CCOc1ccc(OCCn2nc(C)c(C)c(C#N)c2=O)cc1. The van der Waals surface area contributed by atoms with Crippen LogP contribution in [0.5, 0.6) is 11.5 Å². The fourth-order valence-electron chi connectivity index (χ4n) is 2.10. The number of hydrogen-bond acceptors (Lipinski definition) is 5. The van der Waals surface area contributed by atoms with E-state index in [-0.39, 0.29) is 24.3 Å². The lowest BCUT2D eigenvalue weighted by Crippen LogP contribution is -2.29. The number of aryl methyl sites for hydroxylation is 1. The molecular formula is C17H19N3O3. The summed E-state index contributed by atoms with van der Waals surface area (Å²) in [4.78, 5) is 12.1. The third-order valence-electron chi connectivity index (χ3n) is 3.46. The maximum atomic E-state index is 12.1. The molecule has 0 N–H and O–H groups in total. The molecule has 0 unspecified atom stereocenters.